The van der Waals surface area contributed by atoms with Gasteiger partial charge < -0.3 is 15.1 Å². The van der Waals surface area contributed by atoms with Gasteiger partial charge in [-0.15, -0.1) is 10.2 Å². The second kappa shape index (κ2) is 6.33. The fraction of sp³-hybridized carbons (Fsp3) is 0.222. The second-order valence-electron chi connectivity index (χ2n) is 5.98. The third-order valence-corrected chi connectivity index (χ3v) is 5.25. The van der Waals surface area contributed by atoms with Crippen LogP contribution in [0.15, 0.2) is 53.7 Å². The zero-order valence-electron chi connectivity index (χ0n) is 14.3. The minimum Gasteiger partial charge on any atom is -0.497 e. The van der Waals surface area contributed by atoms with E-state index in [0.29, 0.717) is 0 Å². The first-order valence-corrected chi connectivity index (χ1v) is 8.84. The Bertz CT molecular complexity index is 873. The Morgan fingerprint density at radius 1 is 1.04 bits per heavy atom. The molecule has 4 rings (SSSR count). The summed E-state index contributed by atoms with van der Waals surface area (Å²) in [5.74, 6) is 1.63. The van der Waals surface area contributed by atoms with E-state index in [2.05, 4.69) is 44.8 Å². The molecule has 0 bridgehead atoms. The van der Waals surface area contributed by atoms with Crippen LogP contribution >= 0.6 is 11.8 Å². The lowest BCUT2D eigenvalue weighted by molar-refractivity contribution is 0.415. The number of methoxy groups -OCH3 is 1. The molecule has 1 atom stereocenters. The fourth-order valence-electron chi connectivity index (χ4n) is 2.73. The molecule has 1 N–H and O–H groups in total. The molecule has 0 saturated heterocycles. The van der Waals surface area contributed by atoms with E-state index in [4.69, 9.17) is 4.74 Å². The largest absolute Gasteiger partial charge is 0.497 e. The van der Waals surface area contributed by atoms with E-state index < -0.39 is 0 Å². The third-order valence-electron chi connectivity index (χ3n) is 4.16. The third kappa shape index (κ3) is 2.91. The summed E-state index contributed by atoms with van der Waals surface area (Å²) in [5, 5.41) is 9.61. The topological polar surface area (TPSA) is 55.2 Å². The molecule has 0 fully saturated rings. The maximum absolute atomic E-state index is 5.21. The Morgan fingerprint density at radius 2 is 1.76 bits per heavy atom. The van der Waals surface area contributed by atoms with Crippen LogP contribution in [0.1, 0.15) is 10.9 Å². The van der Waals surface area contributed by atoms with Gasteiger partial charge in [0, 0.05) is 25.3 Å². The summed E-state index contributed by atoms with van der Waals surface area (Å²) in [6.45, 7) is 0. The van der Waals surface area contributed by atoms with Gasteiger partial charge in [0.25, 0.3) is 0 Å². The molecule has 1 aliphatic heterocycles. The summed E-state index contributed by atoms with van der Waals surface area (Å²) in [7, 11) is 5.74. The minimum absolute atomic E-state index is 0.124. The van der Waals surface area contributed by atoms with Crippen LogP contribution in [0.25, 0.3) is 11.4 Å². The van der Waals surface area contributed by atoms with Gasteiger partial charge in [0.05, 0.1) is 7.11 Å². The summed E-state index contributed by atoms with van der Waals surface area (Å²) in [4.78, 5) is 2.09. The number of hydrogen-bond donors (Lipinski definition) is 1. The Balaban J connectivity index is 1.57. The van der Waals surface area contributed by atoms with E-state index >= 15 is 0 Å². The number of fused-ring (bicyclic) bond motifs is 1. The van der Waals surface area contributed by atoms with Gasteiger partial charge in [0.2, 0.25) is 5.16 Å². The molecule has 1 aromatic heterocycles. The molecule has 0 spiro atoms. The van der Waals surface area contributed by atoms with Crippen LogP contribution in [0.3, 0.4) is 0 Å². The smallest absolute Gasteiger partial charge is 0.212 e. The quantitative estimate of drug-likeness (QED) is 0.776. The molecule has 0 radical (unpaired) electrons. The van der Waals surface area contributed by atoms with Crippen molar-refractivity contribution in [3.63, 3.8) is 0 Å². The molecular formula is C18H19N5OS. The van der Waals surface area contributed by atoms with Crippen molar-refractivity contribution in [2.75, 3.05) is 31.5 Å². The number of nitrogens with zero attached hydrogens (tertiary/aromatic N) is 4. The molecular weight excluding hydrogens is 334 g/mol. The van der Waals surface area contributed by atoms with E-state index in [0.717, 1.165) is 22.3 Å². The molecule has 25 heavy (non-hydrogen) atoms. The molecule has 1 aliphatic rings. The predicted molar refractivity (Wildman–Crippen MR) is 101 cm³/mol. The van der Waals surface area contributed by atoms with Crippen molar-refractivity contribution < 1.29 is 4.74 Å². The Morgan fingerprint density at radius 3 is 2.40 bits per heavy atom. The summed E-state index contributed by atoms with van der Waals surface area (Å²) in [6.07, 6.45) is 0. The number of ether oxygens (including phenoxy) is 1. The zero-order chi connectivity index (χ0) is 17.4. The van der Waals surface area contributed by atoms with E-state index in [1.807, 2.05) is 43.0 Å². The SMILES string of the molecule is COc1ccc(-c2nnc3n2N[C@H](c2ccc(N(C)C)cc2)S3)cc1. The predicted octanol–water partition coefficient (Wildman–Crippen LogP) is 3.37. The first kappa shape index (κ1) is 15.8. The van der Waals surface area contributed by atoms with Gasteiger partial charge in [-0.05, 0) is 42.0 Å². The van der Waals surface area contributed by atoms with Crippen LogP contribution < -0.4 is 15.1 Å². The average Bonchev–Trinajstić information content (AvgIpc) is 3.22. The van der Waals surface area contributed by atoms with Gasteiger partial charge in [0.1, 0.15) is 11.1 Å². The minimum atomic E-state index is 0.124. The van der Waals surface area contributed by atoms with Gasteiger partial charge >= 0.3 is 0 Å². The number of hydrogen-bond acceptors (Lipinski definition) is 6. The van der Waals surface area contributed by atoms with E-state index in [1.54, 1.807) is 18.9 Å². The number of nitrogens with one attached hydrogen (secondary N) is 1. The van der Waals surface area contributed by atoms with Crippen LogP contribution in [-0.2, 0) is 0 Å². The van der Waals surface area contributed by atoms with Crippen molar-refractivity contribution in [2.24, 2.45) is 0 Å². The average molecular weight is 353 g/mol. The van der Waals surface area contributed by atoms with Gasteiger partial charge in [-0.1, -0.05) is 23.9 Å². The molecule has 0 unspecified atom stereocenters. The van der Waals surface area contributed by atoms with Crippen molar-refractivity contribution in [2.45, 2.75) is 10.5 Å². The first-order valence-electron chi connectivity index (χ1n) is 7.96. The number of thioether (sulfide) groups is 1. The molecule has 0 aliphatic carbocycles. The lowest BCUT2D eigenvalue weighted by Gasteiger charge is -2.15. The lowest BCUT2D eigenvalue weighted by Crippen LogP contribution is -2.14. The first-order chi connectivity index (χ1) is 12.2. The fourth-order valence-corrected chi connectivity index (χ4v) is 3.72. The zero-order valence-corrected chi connectivity index (χ0v) is 15.1. The van der Waals surface area contributed by atoms with Crippen molar-refractivity contribution in [3.8, 4) is 17.1 Å². The van der Waals surface area contributed by atoms with Crippen LogP contribution in [0.5, 0.6) is 5.75 Å². The Hall–Kier alpha value is -2.67. The number of aromatic nitrogens is 3. The van der Waals surface area contributed by atoms with Crippen molar-refractivity contribution >= 4 is 17.4 Å². The van der Waals surface area contributed by atoms with E-state index in [1.165, 1.54) is 11.3 Å². The highest BCUT2D eigenvalue weighted by atomic mass is 32.2. The molecule has 0 saturated carbocycles. The van der Waals surface area contributed by atoms with Gasteiger partial charge in [-0.2, -0.15) is 0 Å². The molecule has 2 heterocycles. The highest BCUT2D eigenvalue weighted by molar-refractivity contribution is 7.99. The van der Waals surface area contributed by atoms with Crippen LogP contribution in [0, 0.1) is 0 Å². The maximum Gasteiger partial charge on any atom is 0.212 e. The van der Waals surface area contributed by atoms with Crippen molar-refractivity contribution in [1.29, 1.82) is 0 Å². The second-order valence-corrected chi connectivity index (χ2v) is 7.06. The molecule has 6 nitrogen and oxygen atoms in total. The maximum atomic E-state index is 5.21. The summed E-state index contributed by atoms with van der Waals surface area (Å²) in [5.41, 5.74) is 6.88. The number of benzene rings is 2. The highest BCUT2D eigenvalue weighted by Crippen LogP contribution is 2.40. The molecule has 0 amide bonds. The van der Waals surface area contributed by atoms with Crippen LogP contribution in [0.2, 0.25) is 0 Å². The van der Waals surface area contributed by atoms with Crippen molar-refractivity contribution in [1.82, 2.24) is 14.9 Å². The van der Waals surface area contributed by atoms with Gasteiger partial charge in [-0.3, -0.25) is 0 Å². The van der Waals surface area contributed by atoms with Gasteiger partial charge in [-0.25, -0.2) is 4.68 Å². The standard InChI is InChI=1S/C18H19N5OS/c1-22(2)14-8-4-13(5-9-14)17-21-23-16(19-20-18(23)25-17)12-6-10-15(24-3)11-7-12/h4-11,17,21H,1-3H3/t17-/m0/s1. The van der Waals surface area contributed by atoms with Gasteiger partial charge in [0.15, 0.2) is 5.82 Å². The van der Waals surface area contributed by atoms with E-state index in [9.17, 15) is 0 Å². The number of anilines is 1. The summed E-state index contributed by atoms with van der Waals surface area (Å²) >= 11 is 1.67. The molecule has 3 aromatic rings. The normalized spacial score (nSPS) is 15.6. The summed E-state index contributed by atoms with van der Waals surface area (Å²) in [6, 6.07) is 16.4. The number of rotatable bonds is 4. The lowest BCUT2D eigenvalue weighted by atomic mass is 10.2. The monoisotopic (exact) mass is 353 g/mol. The van der Waals surface area contributed by atoms with Crippen molar-refractivity contribution in [3.05, 3.63) is 54.1 Å². The molecule has 2 aromatic carbocycles. The van der Waals surface area contributed by atoms with Crippen LogP contribution in [0.4, 0.5) is 5.69 Å². The van der Waals surface area contributed by atoms with Crippen LogP contribution in [-0.4, -0.2) is 36.1 Å². The highest BCUT2D eigenvalue weighted by Gasteiger charge is 2.28. The van der Waals surface area contributed by atoms with E-state index in [-0.39, 0.29) is 5.37 Å². The molecule has 128 valence electrons. The Labute approximate surface area is 150 Å². The summed E-state index contributed by atoms with van der Waals surface area (Å²) < 4.78 is 7.17. The molecule has 7 heteroatoms. The Kier molecular flexibility index (Phi) is 4.01.